The van der Waals surface area contributed by atoms with Crippen LogP contribution in [0, 0.1) is 40.9 Å². The topological polar surface area (TPSA) is 112 Å². The van der Waals surface area contributed by atoms with Crippen LogP contribution in [-0.2, 0) is 4.79 Å². The summed E-state index contributed by atoms with van der Waals surface area (Å²) in [7, 11) is 0. The number of allylic oxidation sites excluding steroid dienone is 2. The van der Waals surface area contributed by atoms with Gasteiger partial charge in [-0.05, 0) is 30.7 Å². The molecule has 0 atom stereocenters. The summed E-state index contributed by atoms with van der Waals surface area (Å²) in [5.41, 5.74) is 1.59. The second kappa shape index (κ2) is 6.58. The second-order valence-electron chi connectivity index (χ2n) is 3.92. The van der Waals surface area contributed by atoms with Crippen LogP contribution in [0.25, 0.3) is 0 Å². The van der Waals surface area contributed by atoms with Crippen molar-refractivity contribution < 1.29 is 4.79 Å². The number of amides is 1. The third kappa shape index (κ3) is 3.60. The third-order valence-corrected chi connectivity index (χ3v) is 2.39. The molecular weight excluding hydrogens is 254 g/mol. The smallest absolute Gasteiger partial charge is 0.221 e. The monoisotopic (exact) mass is 265 g/mol. The van der Waals surface area contributed by atoms with Crippen LogP contribution in [0.2, 0.25) is 0 Å². The van der Waals surface area contributed by atoms with E-state index in [1.165, 1.54) is 6.92 Å². The van der Waals surface area contributed by atoms with E-state index in [0.717, 1.165) is 5.56 Å². The zero-order valence-corrected chi connectivity index (χ0v) is 11.0. The second-order valence-corrected chi connectivity index (χ2v) is 3.92. The van der Waals surface area contributed by atoms with Gasteiger partial charge >= 0.3 is 0 Å². The molecule has 98 valence electrons. The number of aryl methyl sites for hydroxylation is 1. The highest BCUT2D eigenvalue weighted by atomic mass is 16.1. The molecule has 0 bridgehead atoms. The minimum Gasteiger partial charge on any atom is -0.345 e. The quantitative estimate of drug-likeness (QED) is 0.813. The molecule has 0 heterocycles. The Morgan fingerprint density at radius 1 is 1.10 bits per heavy atom. The first-order chi connectivity index (χ1) is 9.51. The molecule has 0 radical (unpaired) electrons. The Bertz CT molecular complexity index is 682. The summed E-state index contributed by atoms with van der Waals surface area (Å²) in [6, 6.07) is 10.1. The Kier molecular flexibility index (Phi) is 4.86. The van der Waals surface area contributed by atoms with Crippen LogP contribution in [-0.4, -0.2) is 5.91 Å². The van der Waals surface area contributed by atoms with Gasteiger partial charge < -0.3 is 10.6 Å². The van der Waals surface area contributed by atoms with Gasteiger partial charge in [-0.15, -0.1) is 0 Å². The molecule has 0 aliphatic heterocycles. The molecule has 0 fully saturated rings. The molecule has 0 aromatic heterocycles. The third-order valence-electron chi connectivity index (χ3n) is 2.39. The fourth-order valence-corrected chi connectivity index (χ4v) is 1.50. The number of nitrogens with zero attached hydrogens (tertiary/aromatic N) is 3. The maximum Gasteiger partial charge on any atom is 0.221 e. The molecule has 20 heavy (non-hydrogen) atoms. The average Bonchev–Trinajstić information content (AvgIpc) is 2.40. The van der Waals surface area contributed by atoms with Gasteiger partial charge in [-0.2, -0.15) is 15.8 Å². The molecule has 0 aliphatic carbocycles. The summed E-state index contributed by atoms with van der Waals surface area (Å²) in [6.45, 7) is 3.19. The Morgan fingerprint density at radius 2 is 1.75 bits per heavy atom. The summed E-state index contributed by atoms with van der Waals surface area (Å²) in [4.78, 5) is 11.0. The molecule has 1 aromatic rings. The SMILES string of the molecule is CC(=O)Nc1ccc(NC(C#N)=C(C#N)C#N)c(C)c1. The maximum atomic E-state index is 11.0. The van der Waals surface area contributed by atoms with E-state index in [4.69, 9.17) is 15.8 Å². The van der Waals surface area contributed by atoms with Crippen molar-refractivity contribution in [2.75, 3.05) is 10.6 Å². The van der Waals surface area contributed by atoms with Crippen molar-refractivity contribution in [3.63, 3.8) is 0 Å². The van der Waals surface area contributed by atoms with Gasteiger partial charge in [0, 0.05) is 18.3 Å². The fourth-order valence-electron chi connectivity index (χ4n) is 1.50. The molecule has 0 saturated carbocycles. The molecule has 6 nitrogen and oxygen atoms in total. The van der Waals surface area contributed by atoms with E-state index >= 15 is 0 Å². The first-order valence-corrected chi connectivity index (χ1v) is 5.61. The summed E-state index contributed by atoms with van der Waals surface area (Å²) in [5.74, 6) is -0.182. The number of anilines is 2. The van der Waals surface area contributed by atoms with Gasteiger partial charge in [0.15, 0.2) is 5.57 Å². The Morgan fingerprint density at radius 3 is 2.20 bits per heavy atom. The van der Waals surface area contributed by atoms with Gasteiger partial charge in [-0.25, -0.2) is 0 Å². The van der Waals surface area contributed by atoms with Crippen molar-refractivity contribution in [1.29, 1.82) is 15.8 Å². The average molecular weight is 265 g/mol. The van der Waals surface area contributed by atoms with Gasteiger partial charge in [-0.3, -0.25) is 4.79 Å². The van der Waals surface area contributed by atoms with Crippen LogP contribution in [0.15, 0.2) is 29.5 Å². The largest absolute Gasteiger partial charge is 0.345 e. The van der Waals surface area contributed by atoms with Gasteiger partial charge in [0.25, 0.3) is 0 Å². The number of hydrogen-bond donors (Lipinski definition) is 2. The summed E-state index contributed by atoms with van der Waals surface area (Å²) in [6.07, 6.45) is 0. The maximum absolute atomic E-state index is 11.0. The Labute approximate surface area is 116 Å². The van der Waals surface area contributed by atoms with Gasteiger partial charge in [0.05, 0.1) is 0 Å². The lowest BCUT2D eigenvalue weighted by Gasteiger charge is -2.10. The van der Waals surface area contributed by atoms with Crippen LogP contribution in [0.3, 0.4) is 0 Å². The van der Waals surface area contributed by atoms with Crippen molar-refractivity contribution >= 4 is 17.3 Å². The van der Waals surface area contributed by atoms with Gasteiger partial charge in [0.1, 0.15) is 23.9 Å². The molecule has 1 aromatic carbocycles. The molecule has 0 unspecified atom stereocenters. The molecule has 6 heteroatoms. The molecule has 1 amide bonds. The highest BCUT2D eigenvalue weighted by molar-refractivity contribution is 5.89. The minimum absolute atomic E-state index is 0.106. The van der Waals surface area contributed by atoms with Crippen molar-refractivity contribution in [2.24, 2.45) is 0 Å². The van der Waals surface area contributed by atoms with Crippen molar-refractivity contribution in [3.8, 4) is 18.2 Å². The highest BCUT2D eigenvalue weighted by Gasteiger charge is 2.08. The van der Waals surface area contributed by atoms with Crippen molar-refractivity contribution in [2.45, 2.75) is 13.8 Å². The number of nitrogens with one attached hydrogen (secondary N) is 2. The van der Waals surface area contributed by atoms with E-state index < -0.39 is 0 Å². The molecule has 0 spiro atoms. The molecule has 1 rings (SSSR count). The zero-order valence-electron chi connectivity index (χ0n) is 11.0. The molecule has 2 N–H and O–H groups in total. The predicted octanol–water partition coefficient (Wildman–Crippen LogP) is 2.19. The van der Waals surface area contributed by atoms with E-state index in [9.17, 15) is 4.79 Å². The van der Waals surface area contributed by atoms with E-state index in [1.807, 2.05) is 0 Å². The summed E-state index contributed by atoms with van der Waals surface area (Å²) >= 11 is 0. The number of carbonyl (C=O) groups is 1. The first kappa shape index (κ1) is 14.8. The number of benzene rings is 1. The summed E-state index contributed by atoms with van der Waals surface area (Å²) in [5, 5.41) is 31.8. The molecule has 0 saturated heterocycles. The Hall–Kier alpha value is -3.30. The zero-order chi connectivity index (χ0) is 15.1. The standard InChI is InChI=1S/C14H11N5O/c1-9-5-12(18-10(2)20)3-4-13(9)19-14(8-17)11(6-15)7-16/h3-5,19H,1-2H3,(H,18,20). The van der Waals surface area contributed by atoms with Crippen molar-refractivity contribution in [3.05, 3.63) is 35.0 Å². The lowest BCUT2D eigenvalue weighted by Crippen LogP contribution is -2.07. The highest BCUT2D eigenvalue weighted by Crippen LogP contribution is 2.21. The minimum atomic E-state index is -0.280. The Balaban J connectivity index is 3.10. The van der Waals surface area contributed by atoms with Crippen LogP contribution in [0.4, 0.5) is 11.4 Å². The predicted molar refractivity (Wildman–Crippen MR) is 73.0 cm³/mol. The van der Waals surface area contributed by atoms with Crippen LogP contribution >= 0.6 is 0 Å². The summed E-state index contributed by atoms with van der Waals surface area (Å²) < 4.78 is 0. The van der Waals surface area contributed by atoms with E-state index in [0.29, 0.717) is 11.4 Å². The van der Waals surface area contributed by atoms with Gasteiger partial charge in [-0.1, -0.05) is 0 Å². The number of rotatable bonds is 3. The lowest BCUT2D eigenvalue weighted by molar-refractivity contribution is -0.114. The molecule has 0 aliphatic rings. The van der Waals surface area contributed by atoms with E-state index in [-0.39, 0.29) is 17.2 Å². The number of carbonyl (C=O) groups excluding carboxylic acids is 1. The molecular formula is C14H11N5O. The van der Waals surface area contributed by atoms with Crippen LogP contribution in [0.5, 0.6) is 0 Å². The van der Waals surface area contributed by atoms with Gasteiger partial charge in [0.2, 0.25) is 5.91 Å². The normalized spacial score (nSPS) is 8.55. The first-order valence-electron chi connectivity index (χ1n) is 5.61. The van der Waals surface area contributed by atoms with E-state index in [2.05, 4.69) is 10.6 Å². The number of hydrogen-bond acceptors (Lipinski definition) is 5. The van der Waals surface area contributed by atoms with Crippen LogP contribution < -0.4 is 10.6 Å². The van der Waals surface area contributed by atoms with Crippen LogP contribution in [0.1, 0.15) is 12.5 Å². The van der Waals surface area contributed by atoms with Crippen molar-refractivity contribution in [1.82, 2.24) is 0 Å². The fraction of sp³-hybridized carbons (Fsp3) is 0.143. The lowest BCUT2D eigenvalue weighted by atomic mass is 10.1. The number of nitriles is 3. The van der Waals surface area contributed by atoms with E-state index in [1.54, 1.807) is 43.3 Å².